The average molecular weight is 369 g/mol. The van der Waals surface area contributed by atoms with Crippen molar-refractivity contribution in [3.05, 3.63) is 22.4 Å². The summed E-state index contributed by atoms with van der Waals surface area (Å²) >= 11 is 1.56. The zero-order valence-electron chi connectivity index (χ0n) is 16.3. The first kappa shape index (κ1) is 21.9. The van der Waals surface area contributed by atoms with E-state index in [2.05, 4.69) is 41.5 Å². The molecule has 25 heavy (non-hydrogen) atoms. The highest BCUT2D eigenvalue weighted by atomic mass is 32.1. The fourth-order valence-corrected chi connectivity index (χ4v) is 3.31. The third-order valence-electron chi connectivity index (χ3n) is 4.02. The molecule has 0 saturated carbocycles. The van der Waals surface area contributed by atoms with Gasteiger partial charge < -0.3 is 20.6 Å². The van der Waals surface area contributed by atoms with Gasteiger partial charge in [0.2, 0.25) is 0 Å². The number of thiophene rings is 1. The summed E-state index contributed by atoms with van der Waals surface area (Å²) in [6.07, 6.45) is 6.26. The highest BCUT2D eigenvalue weighted by Gasteiger charge is 2.23. The highest BCUT2D eigenvalue weighted by Crippen LogP contribution is 2.25. The maximum absolute atomic E-state index is 10.6. The number of guanidine groups is 1. The second kappa shape index (κ2) is 12.3. The van der Waals surface area contributed by atoms with Gasteiger partial charge in [-0.2, -0.15) is 0 Å². The van der Waals surface area contributed by atoms with Gasteiger partial charge in [-0.15, -0.1) is 11.3 Å². The van der Waals surface area contributed by atoms with Crippen LogP contribution >= 0.6 is 11.3 Å². The summed E-state index contributed by atoms with van der Waals surface area (Å²) < 4.78 is 0. The molecule has 0 spiro atoms. The number of hydrogen-bond acceptors (Lipinski definition) is 4. The number of rotatable bonds is 12. The SMILES string of the molecule is CCNC(=NCC(C)(O)c1cccs1)NCCCCCCCN(C)C. The lowest BCUT2D eigenvalue weighted by molar-refractivity contribution is 0.0711. The molecule has 0 fully saturated rings. The van der Waals surface area contributed by atoms with Gasteiger partial charge in [0.15, 0.2) is 5.96 Å². The third kappa shape index (κ3) is 9.82. The minimum Gasteiger partial charge on any atom is -0.383 e. The molecule has 0 aliphatic rings. The van der Waals surface area contributed by atoms with Crippen molar-refractivity contribution in [1.82, 2.24) is 15.5 Å². The van der Waals surface area contributed by atoms with Crippen molar-refractivity contribution in [3.63, 3.8) is 0 Å². The van der Waals surface area contributed by atoms with Crippen molar-refractivity contribution >= 4 is 17.3 Å². The van der Waals surface area contributed by atoms with Crippen molar-refractivity contribution in [2.75, 3.05) is 40.3 Å². The van der Waals surface area contributed by atoms with Gasteiger partial charge in [-0.3, -0.25) is 0 Å². The fourth-order valence-electron chi connectivity index (χ4n) is 2.53. The number of aliphatic imine (C=N–C) groups is 1. The molecule has 6 heteroatoms. The van der Waals surface area contributed by atoms with Gasteiger partial charge in [0, 0.05) is 18.0 Å². The maximum Gasteiger partial charge on any atom is 0.191 e. The van der Waals surface area contributed by atoms with E-state index in [1.54, 1.807) is 11.3 Å². The normalized spacial score (nSPS) is 14.6. The molecule has 1 unspecified atom stereocenters. The molecule has 0 bridgehead atoms. The fraction of sp³-hybridized carbons (Fsp3) is 0.737. The van der Waals surface area contributed by atoms with Gasteiger partial charge in [-0.05, 0) is 58.8 Å². The van der Waals surface area contributed by atoms with Crippen LogP contribution in [0.15, 0.2) is 22.5 Å². The first-order chi connectivity index (χ1) is 12.0. The van der Waals surface area contributed by atoms with Crippen molar-refractivity contribution in [2.24, 2.45) is 4.99 Å². The summed E-state index contributed by atoms with van der Waals surface area (Å²) in [5.74, 6) is 0.784. The molecule has 144 valence electrons. The van der Waals surface area contributed by atoms with Crippen LogP contribution < -0.4 is 10.6 Å². The molecule has 0 aromatic carbocycles. The Morgan fingerprint density at radius 2 is 1.92 bits per heavy atom. The molecule has 0 amide bonds. The van der Waals surface area contributed by atoms with E-state index in [0.717, 1.165) is 30.3 Å². The van der Waals surface area contributed by atoms with E-state index in [0.29, 0.717) is 6.54 Å². The molecule has 0 aliphatic heterocycles. The van der Waals surface area contributed by atoms with Crippen molar-refractivity contribution < 1.29 is 5.11 Å². The van der Waals surface area contributed by atoms with E-state index >= 15 is 0 Å². The van der Waals surface area contributed by atoms with Crippen molar-refractivity contribution in [1.29, 1.82) is 0 Å². The van der Waals surface area contributed by atoms with Crippen LogP contribution in [0, 0.1) is 0 Å². The molecule has 1 aromatic heterocycles. The van der Waals surface area contributed by atoms with Crippen LogP contribution in [0.5, 0.6) is 0 Å². The summed E-state index contributed by atoms with van der Waals surface area (Å²) in [5.41, 5.74) is -0.914. The second-order valence-electron chi connectivity index (χ2n) is 6.94. The van der Waals surface area contributed by atoms with Crippen LogP contribution in [-0.2, 0) is 5.60 Å². The van der Waals surface area contributed by atoms with Crippen molar-refractivity contribution in [2.45, 2.75) is 51.6 Å². The highest BCUT2D eigenvalue weighted by molar-refractivity contribution is 7.10. The van der Waals surface area contributed by atoms with Gasteiger partial charge in [0.05, 0.1) is 6.54 Å². The standard InChI is InChI=1S/C19H36N4OS/c1-5-20-18(21-13-9-7-6-8-10-14-23(3)4)22-16-19(2,24)17-12-11-15-25-17/h11-12,15,24H,5-10,13-14,16H2,1-4H3,(H2,20,21,22). The lowest BCUT2D eigenvalue weighted by atomic mass is 10.1. The predicted octanol–water partition coefficient (Wildman–Crippen LogP) is 3.02. The molecule has 1 atom stereocenters. The van der Waals surface area contributed by atoms with Gasteiger partial charge in [0.25, 0.3) is 0 Å². The monoisotopic (exact) mass is 368 g/mol. The van der Waals surface area contributed by atoms with Crippen LogP contribution in [0.25, 0.3) is 0 Å². The van der Waals surface area contributed by atoms with Crippen LogP contribution in [0.2, 0.25) is 0 Å². The number of hydrogen-bond donors (Lipinski definition) is 3. The van der Waals surface area contributed by atoms with E-state index < -0.39 is 5.60 Å². The van der Waals surface area contributed by atoms with E-state index in [-0.39, 0.29) is 0 Å². The minimum absolute atomic E-state index is 0.355. The quantitative estimate of drug-likeness (QED) is 0.301. The molecule has 1 heterocycles. The Hall–Kier alpha value is -1.11. The summed E-state index contributed by atoms with van der Waals surface area (Å²) in [6, 6.07) is 3.91. The molecule has 0 radical (unpaired) electrons. The molecule has 3 N–H and O–H groups in total. The topological polar surface area (TPSA) is 59.9 Å². The third-order valence-corrected chi connectivity index (χ3v) is 5.14. The van der Waals surface area contributed by atoms with Gasteiger partial charge in [-0.25, -0.2) is 4.99 Å². The first-order valence-corrected chi connectivity index (χ1v) is 10.3. The number of nitrogens with one attached hydrogen (secondary N) is 2. The van der Waals surface area contributed by atoms with E-state index in [4.69, 9.17) is 0 Å². The number of unbranched alkanes of at least 4 members (excludes halogenated alkanes) is 4. The van der Waals surface area contributed by atoms with Gasteiger partial charge >= 0.3 is 0 Å². The van der Waals surface area contributed by atoms with Crippen LogP contribution in [-0.4, -0.2) is 56.2 Å². The van der Waals surface area contributed by atoms with E-state index in [9.17, 15) is 5.11 Å². The Morgan fingerprint density at radius 1 is 1.20 bits per heavy atom. The molecular formula is C19H36N4OS. The van der Waals surface area contributed by atoms with Gasteiger partial charge in [-0.1, -0.05) is 25.3 Å². The lowest BCUT2D eigenvalue weighted by Crippen LogP contribution is -2.39. The maximum atomic E-state index is 10.6. The van der Waals surface area contributed by atoms with Gasteiger partial charge in [0.1, 0.15) is 5.60 Å². The number of aliphatic hydroxyl groups is 1. The Labute approximate surface area is 157 Å². The Balaban J connectivity index is 2.27. The Morgan fingerprint density at radius 3 is 2.56 bits per heavy atom. The summed E-state index contributed by atoms with van der Waals surface area (Å²) in [7, 11) is 4.25. The first-order valence-electron chi connectivity index (χ1n) is 9.39. The minimum atomic E-state index is -0.914. The average Bonchev–Trinajstić information content (AvgIpc) is 3.10. The second-order valence-corrected chi connectivity index (χ2v) is 7.89. The lowest BCUT2D eigenvalue weighted by Gasteiger charge is -2.20. The van der Waals surface area contributed by atoms with Crippen molar-refractivity contribution in [3.8, 4) is 0 Å². The summed E-state index contributed by atoms with van der Waals surface area (Å²) in [4.78, 5) is 7.74. The largest absolute Gasteiger partial charge is 0.383 e. The summed E-state index contributed by atoms with van der Waals surface area (Å²) in [5, 5.41) is 19.2. The summed E-state index contributed by atoms with van der Waals surface area (Å²) in [6.45, 7) is 7.14. The molecule has 5 nitrogen and oxygen atoms in total. The molecular weight excluding hydrogens is 332 g/mol. The smallest absolute Gasteiger partial charge is 0.191 e. The zero-order chi connectivity index (χ0) is 18.5. The Bertz CT molecular complexity index is 472. The molecule has 1 rings (SSSR count). The van der Waals surface area contributed by atoms with Crippen LogP contribution in [0.4, 0.5) is 0 Å². The predicted molar refractivity (Wildman–Crippen MR) is 110 cm³/mol. The molecule has 0 aliphatic carbocycles. The van der Waals surface area contributed by atoms with E-state index in [1.165, 1.54) is 32.2 Å². The van der Waals surface area contributed by atoms with Crippen LogP contribution in [0.3, 0.4) is 0 Å². The number of nitrogens with zero attached hydrogens (tertiary/aromatic N) is 2. The Kier molecular flexibility index (Phi) is 10.8. The molecule has 1 aromatic rings. The zero-order valence-corrected chi connectivity index (χ0v) is 17.2. The molecule has 0 saturated heterocycles. The van der Waals surface area contributed by atoms with E-state index in [1.807, 2.05) is 24.4 Å². The van der Waals surface area contributed by atoms with Crippen LogP contribution in [0.1, 0.15) is 50.8 Å².